The highest BCUT2D eigenvalue weighted by atomic mass is 16.5. The zero-order valence-corrected chi connectivity index (χ0v) is 9.33. The van der Waals surface area contributed by atoms with E-state index in [2.05, 4.69) is 0 Å². The maximum atomic E-state index is 11.6. The third-order valence-electron chi connectivity index (χ3n) is 2.46. The van der Waals surface area contributed by atoms with E-state index in [1.807, 2.05) is 26.0 Å². The minimum atomic E-state index is -0.130. The quantitative estimate of drug-likeness (QED) is 0.768. The topological polar surface area (TPSA) is 46.5 Å². The van der Waals surface area contributed by atoms with E-state index in [0.717, 1.165) is 11.1 Å². The standard InChI is InChI=1S/C12H16O3/c1-8-6-10(11(14)4-5-13)12(15-3)7-9(8)2/h6-7,13H,4-5H2,1-3H3. The second-order valence-electron chi connectivity index (χ2n) is 3.53. The lowest BCUT2D eigenvalue weighted by atomic mass is 10.0. The molecule has 0 saturated carbocycles. The molecule has 1 N–H and O–H groups in total. The molecule has 0 unspecified atom stereocenters. The van der Waals surface area contributed by atoms with Gasteiger partial charge in [0.05, 0.1) is 19.3 Å². The first-order valence-corrected chi connectivity index (χ1v) is 4.89. The van der Waals surface area contributed by atoms with Gasteiger partial charge in [0.25, 0.3) is 0 Å². The van der Waals surface area contributed by atoms with Crippen LogP contribution in [0.1, 0.15) is 27.9 Å². The van der Waals surface area contributed by atoms with Crippen LogP contribution in [0.5, 0.6) is 5.75 Å². The molecule has 0 aromatic heterocycles. The van der Waals surface area contributed by atoms with Crippen LogP contribution in [-0.4, -0.2) is 24.6 Å². The van der Waals surface area contributed by atoms with Gasteiger partial charge in [-0.2, -0.15) is 0 Å². The molecule has 1 rings (SSSR count). The van der Waals surface area contributed by atoms with Gasteiger partial charge in [-0.25, -0.2) is 0 Å². The van der Waals surface area contributed by atoms with Crippen LogP contribution in [0, 0.1) is 13.8 Å². The third kappa shape index (κ3) is 2.57. The third-order valence-corrected chi connectivity index (χ3v) is 2.46. The van der Waals surface area contributed by atoms with Crippen LogP contribution < -0.4 is 4.74 Å². The molecule has 1 aromatic rings. The predicted molar refractivity (Wildman–Crippen MR) is 58.5 cm³/mol. The van der Waals surface area contributed by atoms with Crippen molar-refractivity contribution in [2.24, 2.45) is 0 Å². The number of hydrogen-bond acceptors (Lipinski definition) is 3. The zero-order valence-electron chi connectivity index (χ0n) is 9.33. The molecule has 0 amide bonds. The lowest BCUT2D eigenvalue weighted by Crippen LogP contribution is -2.05. The van der Waals surface area contributed by atoms with E-state index in [1.54, 1.807) is 7.11 Å². The lowest BCUT2D eigenvalue weighted by Gasteiger charge is -2.10. The monoisotopic (exact) mass is 208 g/mol. The maximum absolute atomic E-state index is 11.6. The minimum Gasteiger partial charge on any atom is -0.496 e. The van der Waals surface area contributed by atoms with E-state index >= 15 is 0 Å². The van der Waals surface area contributed by atoms with Crippen molar-refractivity contribution in [3.05, 3.63) is 28.8 Å². The zero-order chi connectivity index (χ0) is 11.4. The Morgan fingerprint density at radius 3 is 2.47 bits per heavy atom. The molecule has 0 spiro atoms. The summed E-state index contributed by atoms with van der Waals surface area (Å²) in [4.78, 5) is 11.6. The number of aryl methyl sites for hydroxylation is 2. The van der Waals surface area contributed by atoms with E-state index in [0.29, 0.717) is 11.3 Å². The van der Waals surface area contributed by atoms with Crippen molar-refractivity contribution in [2.45, 2.75) is 20.3 Å². The number of aliphatic hydroxyl groups is 1. The molecule has 0 aliphatic heterocycles. The molecule has 0 heterocycles. The van der Waals surface area contributed by atoms with Crippen molar-refractivity contribution in [3.8, 4) is 5.75 Å². The number of hydrogen-bond donors (Lipinski definition) is 1. The number of methoxy groups -OCH3 is 1. The fourth-order valence-corrected chi connectivity index (χ4v) is 1.41. The molecule has 0 aliphatic carbocycles. The molecule has 3 nitrogen and oxygen atoms in total. The van der Waals surface area contributed by atoms with Crippen LogP contribution in [0.3, 0.4) is 0 Å². The second kappa shape index (κ2) is 4.94. The van der Waals surface area contributed by atoms with Crippen molar-refractivity contribution < 1.29 is 14.6 Å². The summed E-state index contributed by atoms with van der Waals surface area (Å²) in [6.07, 6.45) is 0.138. The summed E-state index contributed by atoms with van der Waals surface area (Å²) in [6.45, 7) is 3.79. The normalized spacial score (nSPS) is 10.1. The summed E-state index contributed by atoms with van der Waals surface area (Å²) in [5.41, 5.74) is 2.69. The fourth-order valence-electron chi connectivity index (χ4n) is 1.41. The van der Waals surface area contributed by atoms with Crippen LogP contribution in [-0.2, 0) is 0 Å². The fraction of sp³-hybridized carbons (Fsp3) is 0.417. The number of aliphatic hydroxyl groups excluding tert-OH is 1. The number of carbonyl (C=O) groups excluding carboxylic acids is 1. The number of benzene rings is 1. The van der Waals surface area contributed by atoms with Gasteiger partial charge in [-0.15, -0.1) is 0 Å². The molecule has 0 bridgehead atoms. The van der Waals surface area contributed by atoms with Crippen LogP contribution in [0.2, 0.25) is 0 Å². The Morgan fingerprint density at radius 2 is 1.93 bits per heavy atom. The Bertz CT molecular complexity index is 369. The van der Waals surface area contributed by atoms with E-state index in [-0.39, 0.29) is 18.8 Å². The number of ketones is 1. The van der Waals surface area contributed by atoms with E-state index < -0.39 is 0 Å². The van der Waals surface area contributed by atoms with Crippen molar-refractivity contribution in [1.82, 2.24) is 0 Å². The first kappa shape index (κ1) is 11.7. The molecule has 1 aromatic carbocycles. The van der Waals surface area contributed by atoms with Gasteiger partial charge in [0, 0.05) is 6.42 Å². The van der Waals surface area contributed by atoms with Gasteiger partial charge in [0.15, 0.2) is 5.78 Å². The van der Waals surface area contributed by atoms with Crippen molar-refractivity contribution in [2.75, 3.05) is 13.7 Å². The first-order chi connectivity index (χ1) is 7.10. The highest BCUT2D eigenvalue weighted by Gasteiger charge is 2.12. The van der Waals surface area contributed by atoms with Gasteiger partial charge in [-0.05, 0) is 37.1 Å². The van der Waals surface area contributed by atoms with Gasteiger partial charge in [0.1, 0.15) is 5.75 Å². The van der Waals surface area contributed by atoms with Crippen molar-refractivity contribution in [3.63, 3.8) is 0 Å². The molecule has 0 fully saturated rings. The van der Waals surface area contributed by atoms with Gasteiger partial charge in [0.2, 0.25) is 0 Å². The molecular formula is C12H16O3. The Labute approximate surface area is 89.7 Å². The smallest absolute Gasteiger partial charge is 0.168 e. The maximum Gasteiger partial charge on any atom is 0.168 e. The minimum absolute atomic E-state index is 0.0857. The summed E-state index contributed by atoms with van der Waals surface area (Å²) in [7, 11) is 1.54. The van der Waals surface area contributed by atoms with Crippen LogP contribution >= 0.6 is 0 Å². The number of carbonyl (C=O) groups is 1. The largest absolute Gasteiger partial charge is 0.496 e. The number of ether oxygens (including phenoxy) is 1. The first-order valence-electron chi connectivity index (χ1n) is 4.89. The van der Waals surface area contributed by atoms with E-state index in [1.165, 1.54) is 0 Å². The van der Waals surface area contributed by atoms with Crippen LogP contribution in [0.4, 0.5) is 0 Å². The van der Waals surface area contributed by atoms with Gasteiger partial charge in [-0.3, -0.25) is 4.79 Å². The van der Waals surface area contributed by atoms with Gasteiger partial charge >= 0.3 is 0 Å². The Morgan fingerprint density at radius 1 is 1.33 bits per heavy atom. The van der Waals surface area contributed by atoms with Crippen LogP contribution in [0.25, 0.3) is 0 Å². The molecule has 0 atom stereocenters. The average molecular weight is 208 g/mol. The van der Waals surface area contributed by atoms with Crippen molar-refractivity contribution in [1.29, 1.82) is 0 Å². The molecule has 0 radical (unpaired) electrons. The SMILES string of the molecule is COc1cc(C)c(C)cc1C(=O)CCO. The number of rotatable bonds is 4. The summed E-state index contributed by atoms with van der Waals surface area (Å²) >= 11 is 0. The summed E-state index contributed by atoms with van der Waals surface area (Å²) in [5.74, 6) is 0.494. The highest BCUT2D eigenvalue weighted by Crippen LogP contribution is 2.24. The van der Waals surface area contributed by atoms with Gasteiger partial charge in [-0.1, -0.05) is 0 Å². The molecule has 3 heteroatoms. The second-order valence-corrected chi connectivity index (χ2v) is 3.53. The highest BCUT2D eigenvalue weighted by molar-refractivity contribution is 5.99. The Balaban J connectivity index is 3.15. The Kier molecular flexibility index (Phi) is 3.86. The summed E-state index contributed by atoms with van der Waals surface area (Å²) < 4.78 is 5.15. The lowest BCUT2D eigenvalue weighted by molar-refractivity contribution is 0.0953. The molecule has 0 saturated heterocycles. The van der Waals surface area contributed by atoms with Crippen LogP contribution in [0.15, 0.2) is 12.1 Å². The average Bonchev–Trinajstić information content (AvgIpc) is 2.21. The van der Waals surface area contributed by atoms with E-state index in [4.69, 9.17) is 9.84 Å². The molecule has 15 heavy (non-hydrogen) atoms. The van der Waals surface area contributed by atoms with Crippen molar-refractivity contribution >= 4 is 5.78 Å². The Hall–Kier alpha value is -1.35. The summed E-state index contributed by atoms with van der Waals surface area (Å²) in [6, 6.07) is 3.66. The summed E-state index contributed by atoms with van der Waals surface area (Å²) in [5, 5.41) is 8.72. The van der Waals surface area contributed by atoms with Gasteiger partial charge < -0.3 is 9.84 Å². The molecular weight excluding hydrogens is 192 g/mol. The molecule has 0 aliphatic rings. The predicted octanol–water partition coefficient (Wildman–Crippen LogP) is 1.88. The van der Waals surface area contributed by atoms with E-state index in [9.17, 15) is 4.79 Å². The molecule has 82 valence electrons. The number of Topliss-reactive ketones (excluding diaryl/α,β-unsaturated/α-hetero) is 1.